The van der Waals surface area contributed by atoms with Crippen LogP contribution in [0.2, 0.25) is 0 Å². The number of hydrogen-bond donors (Lipinski definition) is 1. The Morgan fingerprint density at radius 3 is 2.27 bits per heavy atom. The topological polar surface area (TPSA) is 63.6 Å². The average molecular weight is 210 g/mol. The minimum Gasteiger partial charge on any atom is -0.496 e. The van der Waals surface area contributed by atoms with Gasteiger partial charge in [-0.15, -0.1) is 0 Å². The number of allylic oxidation sites excluding steroid dienone is 1. The zero-order valence-corrected chi connectivity index (χ0v) is 9.03. The van der Waals surface area contributed by atoms with Crippen LogP contribution in [0.15, 0.2) is 17.9 Å². The Morgan fingerprint density at radius 2 is 2.00 bits per heavy atom. The van der Waals surface area contributed by atoms with Crippen molar-refractivity contribution in [2.24, 2.45) is 17.3 Å². The largest absolute Gasteiger partial charge is 0.496 e. The van der Waals surface area contributed by atoms with Crippen LogP contribution in [0.3, 0.4) is 0 Å². The lowest BCUT2D eigenvalue weighted by Crippen LogP contribution is -2.04. The molecule has 0 unspecified atom stereocenters. The summed E-state index contributed by atoms with van der Waals surface area (Å²) in [5, 5.41) is 8.94. The summed E-state index contributed by atoms with van der Waals surface area (Å²) >= 11 is 0. The lowest BCUT2D eigenvalue weighted by atomic mass is 10.0. The summed E-state index contributed by atoms with van der Waals surface area (Å²) in [6, 6.07) is 0. The number of methoxy groups -OCH3 is 1. The van der Waals surface area contributed by atoms with E-state index in [1.165, 1.54) is 7.11 Å². The van der Waals surface area contributed by atoms with E-state index in [1.807, 2.05) is 0 Å². The second kappa shape index (κ2) is 3.55. The predicted molar refractivity (Wildman–Crippen MR) is 53.8 cm³/mol. The molecule has 0 spiro atoms. The zero-order valence-electron chi connectivity index (χ0n) is 9.03. The molecule has 0 aliphatic heterocycles. The van der Waals surface area contributed by atoms with Crippen LogP contribution in [0.25, 0.3) is 0 Å². The number of aliphatic carboxylic acids is 1. The molecule has 15 heavy (non-hydrogen) atoms. The monoisotopic (exact) mass is 210 g/mol. The maximum absolute atomic E-state index is 10.9. The molecule has 1 aliphatic rings. The third-order valence-corrected chi connectivity index (χ3v) is 3.06. The van der Waals surface area contributed by atoms with Crippen molar-refractivity contribution >= 4 is 11.9 Å². The highest BCUT2D eigenvalue weighted by atomic mass is 16.5. The van der Waals surface area contributed by atoms with E-state index in [2.05, 4.69) is 6.58 Å². The van der Waals surface area contributed by atoms with E-state index in [0.29, 0.717) is 0 Å². The first-order valence-corrected chi connectivity index (χ1v) is 4.59. The third-order valence-electron chi connectivity index (χ3n) is 3.06. The molecule has 2 atom stereocenters. The van der Waals surface area contributed by atoms with Gasteiger partial charge in [-0.3, -0.25) is 4.79 Å². The quantitative estimate of drug-likeness (QED) is 0.431. The molecule has 0 aromatic carbocycles. The third kappa shape index (κ3) is 1.68. The number of rotatable bonds is 4. The average Bonchev–Trinajstić information content (AvgIpc) is 2.70. The smallest absolute Gasteiger partial charge is 0.307 e. The van der Waals surface area contributed by atoms with Crippen LogP contribution < -0.4 is 0 Å². The lowest BCUT2D eigenvalue weighted by Gasteiger charge is -2.06. The minimum absolute atomic E-state index is 0.201. The van der Waals surface area contributed by atoms with Gasteiger partial charge in [-0.1, -0.05) is 20.4 Å². The molecule has 1 saturated carbocycles. The van der Waals surface area contributed by atoms with Gasteiger partial charge in [-0.2, -0.15) is 0 Å². The summed E-state index contributed by atoms with van der Waals surface area (Å²) in [7, 11) is 1.39. The summed E-state index contributed by atoms with van der Waals surface area (Å²) in [6.45, 7) is 7.15. The maximum atomic E-state index is 10.9. The van der Waals surface area contributed by atoms with Crippen LogP contribution in [-0.2, 0) is 14.3 Å². The van der Waals surface area contributed by atoms with Crippen LogP contribution in [0.1, 0.15) is 13.8 Å². The van der Waals surface area contributed by atoms with E-state index >= 15 is 0 Å². The van der Waals surface area contributed by atoms with Crippen molar-refractivity contribution in [3.05, 3.63) is 17.9 Å². The fraction of sp³-hybridized carbons (Fsp3) is 0.545. The molecule has 1 aliphatic carbocycles. The van der Waals surface area contributed by atoms with Gasteiger partial charge in [0.25, 0.3) is 0 Å². The molecule has 1 rings (SSSR count). The summed E-state index contributed by atoms with van der Waals surface area (Å²) in [6.07, 6.45) is 0. The summed E-state index contributed by atoms with van der Waals surface area (Å²) in [5.41, 5.74) is -0.199. The van der Waals surface area contributed by atoms with Crippen LogP contribution in [0, 0.1) is 17.3 Å². The van der Waals surface area contributed by atoms with E-state index in [9.17, 15) is 9.59 Å². The number of carbonyl (C=O) groups excluding carboxylic acids is 1. The highest BCUT2D eigenvalue weighted by Gasteiger charge is 2.64. The molecule has 0 aromatic heterocycles. The van der Waals surface area contributed by atoms with Crippen LogP contribution in [0.5, 0.6) is 0 Å². The van der Waals surface area contributed by atoms with Crippen molar-refractivity contribution in [3.8, 4) is 0 Å². The predicted octanol–water partition coefficient (Wildman–Crippen LogP) is 1.26. The first-order valence-electron chi connectivity index (χ1n) is 4.59. The van der Waals surface area contributed by atoms with Crippen LogP contribution in [0.4, 0.5) is 0 Å². The van der Waals surface area contributed by atoms with Crippen molar-refractivity contribution in [2.45, 2.75) is 13.8 Å². The zero-order chi connectivity index (χ0) is 11.8. The number of carboxylic acids is 1. The van der Waals surface area contributed by atoms with Crippen LogP contribution >= 0.6 is 0 Å². The van der Waals surface area contributed by atoms with Gasteiger partial charge in [-0.25, -0.2) is 4.79 Å². The number of carbonyl (C=O) groups is 1. The molecule has 0 saturated heterocycles. The molecular formula is C11H14O4. The Hall–Kier alpha value is -1.54. The van der Waals surface area contributed by atoms with E-state index < -0.39 is 17.3 Å². The Bertz CT molecular complexity index is 361. The second-order valence-corrected chi connectivity index (χ2v) is 4.26. The van der Waals surface area contributed by atoms with E-state index in [0.717, 1.165) is 0 Å². The molecule has 4 heteroatoms. The highest BCUT2D eigenvalue weighted by molar-refractivity contribution is 5.79. The number of ether oxygens (including phenoxy) is 1. The highest BCUT2D eigenvalue weighted by Crippen LogP contribution is 2.62. The Morgan fingerprint density at radius 1 is 1.47 bits per heavy atom. The molecule has 0 radical (unpaired) electrons. The first-order chi connectivity index (χ1) is 6.87. The standard InChI is InChI=1S/C11H14O4/c1-6(15-4)7(5-12)8-9(10(13)14)11(8,2)3/h8-9H,1H2,2-4H3,(H,13,14)/t8-,9+/m1/s1. The van der Waals surface area contributed by atoms with Gasteiger partial charge < -0.3 is 9.84 Å². The molecular weight excluding hydrogens is 196 g/mol. The molecule has 0 aromatic rings. The normalized spacial score (nSPS) is 26.3. The van der Waals surface area contributed by atoms with E-state index in [4.69, 9.17) is 9.84 Å². The fourth-order valence-electron chi connectivity index (χ4n) is 2.04. The van der Waals surface area contributed by atoms with Gasteiger partial charge in [0.15, 0.2) is 0 Å². The van der Waals surface area contributed by atoms with E-state index in [1.54, 1.807) is 19.8 Å². The van der Waals surface area contributed by atoms with Gasteiger partial charge in [0, 0.05) is 5.92 Å². The number of hydrogen-bond acceptors (Lipinski definition) is 3. The summed E-state index contributed by atoms with van der Waals surface area (Å²) < 4.78 is 4.84. The van der Waals surface area contributed by atoms with Crippen LogP contribution in [-0.4, -0.2) is 24.1 Å². The number of carboxylic acid groups (broad SMARTS) is 1. The van der Waals surface area contributed by atoms with Gasteiger partial charge in [0.05, 0.1) is 18.6 Å². The Kier molecular flexibility index (Phi) is 2.73. The first kappa shape index (κ1) is 11.5. The van der Waals surface area contributed by atoms with Gasteiger partial charge in [0.2, 0.25) is 0 Å². The van der Waals surface area contributed by atoms with Crippen molar-refractivity contribution in [2.75, 3.05) is 7.11 Å². The second-order valence-electron chi connectivity index (χ2n) is 4.26. The molecule has 4 nitrogen and oxygen atoms in total. The molecule has 0 amide bonds. The molecule has 82 valence electrons. The van der Waals surface area contributed by atoms with Crippen molar-refractivity contribution < 1.29 is 19.4 Å². The molecule has 1 N–H and O–H groups in total. The van der Waals surface area contributed by atoms with Crippen molar-refractivity contribution in [1.82, 2.24) is 0 Å². The Labute approximate surface area is 88.2 Å². The molecule has 0 bridgehead atoms. The van der Waals surface area contributed by atoms with E-state index in [-0.39, 0.29) is 17.3 Å². The maximum Gasteiger partial charge on any atom is 0.307 e. The minimum atomic E-state index is -0.901. The molecule has 0 heterocycles. The molecule has 1 fully saturated rings. The summed E-state index contributed by atoms with van der Waals surface area (Å²) in [4.78, 5) is 21.7. The summed E-state index contributed by atoms with van der Waals surface area (Å²) in [5.74, 6) is 0.131. The van der Waals surface area contributed by atoms with Gasteiger partial charge >= 0.3 is 5.97 Å². The SMILES string of the molecule is C=C(OC)C(=C=O)[C@@H]1[C@@H](C(=O)O)C1(C)C. The van der Waals surface area contributed by atoms with Crippen molar-refractivity contribution in [1.29, 1.82) is 0 Å². The van der Waals surface area contributed by atoms with Crippen molar-refractivity contribution in [3.63, 3.8) is 0 Å². The Balaban J connectivity index is 2.97. The lowest BCUT2D eigenvalue weighted by molar-refractivity contribution is -0.139. The van der Waals surface area contributed by atoms with Gasteiger partial charge in [-0.05, 0) is 5.41 Å². The van der Waals surface area contributed by atoms with Gasteiger partial charge in [0.1, 0.15) is 11.7 Å². The fourth-order valence-corrected chi connectivity index (χ4v) is 2.04.